The average Bonchev–Trinajstić information content (AvgIpc) is 2.11. The van der Waals surface area contributed by atoms with E-state index in [1.165, 1.54) is 12.1 Å². The molecular weight excluding hydrogens is 271 g/mol. The lowest BCUT2D eigenvalue weighted by Gasteiger charge is -2.15. The molecule has 1 aromatic rings. The third kappa shape index (κ3) is 3.63. The predicted molar refractivity (Wildman–Crippen MR) is 70.0 cm³/mol. The van der Waals surface area contributed by atoms with E-state index in [0.29, 0.717) is 11.4 Å². The smallest absolute Gasteiger partial charge is 0.129 e. The predicted octanol–water partition coefficient (Wildman–Crippen LogP) is 4.52. The third-order valence-corrected chi connectivity index (χ3v) is 2.84. The Hall–Kier alpha value is -0.280. The van der Waals surface area contributed by atoms with Crippen LogP contribution in [0, 0.1) is 5.82 Å². The summed E-state index contributed by atoms with van der Waals surface area (Å²) in [5, 5.41) is 0.496. The van der Waals surface area contributed by atoms with Crippen molar-refractivity contribution in [1.29, 1.82) is 0 Å². The summed E-state index contributed by atoms with van der Waals surface area (Å²) < 4.78 is 13.5. The van der Waals surface area contributed by atoms with Crippen molar-refractivity contribution < 1.29 is 4.39 Å². The average molecular weight is 285 g/mol. The zero-order chi connectivity index (χ0) is 11.6. The van der Waals surface area contributed by atoms with E-state index in [2.05, 4.69) is 6.58 Å². The van der Waals surface area contributed by atoms with Gasteiger partial charge in [-0.2, -0.15) is 0 Å². The van der Waals surface area contributed by atoms with Gasteiger partial charge in [0.2, 0.25) is 0 Å². The van der Waals surface area contributed by atoms with Crippen molar-refractivity contribution in [3.05, 3.63) is 45.7 Å². The molecule has 90 valence electrons. The van der Waals surface area contributed by atoms with E-state index in [1.54, 1.807) is 0 Å². The Morgan fingerprint density at radius 1 is 1.50 bits per heavy atom. The quantitative estimate of drug-likeness (QED) is 0.641. The Labute approximate surface area is 111 Å². The lowest BCUT2D eigenvalue weighted by atomic mass is 10.0. The van der Waals surface area contributed by atoms with E-state index < -0.39 is 11.9 Å². The highest BCUT2D eigenvalue weighted by Crippen LogP contribution is 2.33. The van der Waals surface area contributed by atoms with Crippen molar-refractivity contribution in [2.24, 2.45) is 5.73 Å². The lowest BCUT2D eigenvalue weighted by molar-refractivity contribution is 0.580. The molecule has 1 aromatic carbocycles. The molecule has 0 heterocycles. The molecule has 0 fully saturated rings. The maximum absolute atomic E-state index is 13.5. The monoisotopic (exact) mass is 283 g/mol. The molecule has 0 spiro atoms. The molecule has 0 saturated carbocycles. The lowest BCUT2D eigenvalue weighted by Crippen LogP contribution is -2.13. The van der Waals surface area contributed by atoms with E-state index >= 15 is 0 Å². The van der Waals surface area contributed by atoms with E-state index in [4.69, 9.17) is 28.9 Å². The van der Waals surface area contributed by atoms with Crippen LogP contribution in [-0.4, -0.2) is 0 Å². The number of halogens is 4. The van der Waals surface area contributed by atoms with Gasteiger partial charge in [0.15, 0.2) is 0 Å². The second-order valence-corrected chi connectivity index (χ2v) is 4.31. The summed E-state index contributed by atoms with van der Waals surface area (Å²) in [5.74, 6) is -0.432. The number of rotatable bonds is 3. The Kier molecular flexibility index (Phi) is 6.34. The van der Waals surface area contributed by atoms with Crippen molar-refractivity contribution in [1.82, 2.24) is 0 Å². The molecule has 16 heavy (non-hydrogen) atoms. The highest BCUT2D eigenvalue weighted by Gasteiger charge is 2.17. The molecule has 1 nitrogen and oxygen atoms in total. The molecule has 0 radical (unpaired) electrons. The number of nitrogens with two attached hydrogens (primary N) is 1. The molecule has 2 N–H and O–H groups in total. The molecule has 0 unspecified atom stereocenters. The fourth-order valence-corrected chi connectivity index (χ4v) is 1.82. The van der Waals surface area contributed by atoms with E-state index in [9.17, 15) is 4.39 Å². The van der Waals surface area contributed by atoms with Gasteiger partial charge in [0.1, 0.15) is 5.82 Å². The molecular formula is C11H13Cl3FN. The van der Waals surface area contributed by atoms with Crippen molar-refractivity contribution in [2.75, 3.05) is 0 Å². The van der Waals surface area contributed by atoms with Gasteiger partial charge >= 0.3 is 0 Å². The zero-order valence-corrected chi connectivity index (χ0v) is 11.1. The Morgan fingerprint density at radius 3 is 2.56 bits per heavy atom. The summed E-state index contributed by atoms with van der Waals surface area (Å²) in [7, 11) is 0. The molecule has 5 heteroatoms. The maximum Gasteiger partial charge on any atom is 0.129 e. The standard InChI is InChI=1S/C11H12Cl2FN.ClH/c1-6(2)5-9(15)10-8(14)4-3-7(12)11(10)13;/h3-4,9H,1,5,15H2,2H3;1H/t9-;/m0./s1. The number of hydrogen-bond donors (Lipinski definition) is 1. The second-order valence-electron chi connectivity index (χ2n) is 3.52. The summed E-state index contributed by atoms with van der Waals surface area (Å²) in [6, 6.07) is 2.17. The van der Waals surface area contributed by atoms with Crippen molar-refractivity contribution in [2.45, 2.75) is 19.4 Å². The van der Waals surface area contributed by atoms with Crippen LogP contribution in [0.25, 0.3) is 0 Å². The van der Waals surface area contributed by atoms with Crippen molar-refractivity contribution in [3.8, 4) is 0 Å². The van der Waals surface area contributed by atoms with Gasteiger partial charge in [-0.1, -0.05) is 28.8 Å². The Morgan fingerprint density at radius 2 is 2.06 bits per heavy atom. The number of benzene rings is 1. The van der Waals surface area contributed by atoms with Gasteiger partial charge in [0, 0.05) is 11.6 Å². The summed E-state index contributed by atoms with van der Waals surface area (Å²) in [6.07, 6.45) is 0.483. The van der Waals surface area contributed by atoms with Crippen LogP contribution in [0.3, 0.4) is 0 Å². The van der Waals surface area contributed by atoms with Crippen LogP contribution in [0.2, 0.25) is 10.0 Å². The fraction of sp³-hybridized carbons (Fsp3) is 0.273. The molecule has 0 aliphatic rings. The minimum atomic E-state index is -0.506. The molecule has 0 bridgehead atoms. The van der Waals surface area contributed by atoms with Crippen molar-refractivity contribution >= 4 is 35.6 Å². The second kappa shape index (κ2) is 6.45. The molecule has 0 saturated heterocycles. The first kappa shape index (κ1) is 15.7. The Balaban J connectivity index is 0.00000225. The zero-order valence-electron chi connectivity index (χ0n) is 8.77. The molecule has 1 atom stereocenters. The normalized spacial score (nSPS) is 11.8. The van der Waals surface area contributed by atoms with Crippen LogP contribution in [0.4, 0.5) is 4.39 Å². The Bertz CT molecular complexity index is 393. The third-order valence-electron chi connectivity index (χ3n) is 2.02. The van der Waals surface area contributed by atoms with Gasteiger partial charge in [-0.15, -0.1) is 19.0 Å². The van der Waals surface area contributed by atoms with Gasteiger partial charge in [0.05, 0.1) is 10.0 Å². The summed E-state index contributed by atoms with van der Waals surface area (Å²) in [4.78, 5) is 0. The molecule has 0 aliphatic carbocycles. The van der Waals surface area contributed by atoms with Crippen LogP contribution < -0.4 is 5.73 Å². The first-order chi connectivity index (χ1) is 6.93. The van der Waals surface area contributed by atoms with Gasteiger partial charge in [-0.25, -0.2) is 4.39 Å². The van der Waals surface area contributed by atoms with E-state index in [0.717, 1.165) is 5.57 Å². The highest BCUT2D eigenvalue weighted by molar-refractivity contribution is 6.42. The van der Waals surface area contributed by atoms with E-state index in [-0.39, 0.29) is 23.0 Å². The first-order valence-corrected chi connectivity index (χ1v) is 5.22. The van der Waals surface area contributed by atoms with Crippen LogP contribution in [0.5, 0.6) is 0 Å². The SMILES string of the molecule is C=C(C)C[C@H](N)c1c(F)ccc(Cl)c1Cl.Cl. The van der Waals surface area contributed by atoms with Gasteiger partial charge in [0.25, 0.3) is 0 Å². The van der Waals surface area contributed by atoms with Crippen LogP contribution in [0.15, 0.2) is 24.3 Å². The maximum atomic E-state index is 13.5. The van der Waals surface area contributed by atoms with E-state index in [1.807, 2.05) is 6.92 Å². The topological polar surface area (TPSA) is 26.0 Å². The van der Waals surface area contributed by atoms with Gasteiger partial charge in [-0.3, -0.25) is 0 Å². The van der Waals surface area contributed by atoms with Crippen LogP contribution in [0.1, 0.15) is 24.9 Å². The summed E-state index contributed by atoms with van der Waals surface area (Å²) in [5.41, 5.74) is 6.95. The van der Waals surface area contributed by atoms with Gasteiger partial charge < -0.3 is 5.73 Å². The van der Waals surface area contributed by atoms with Crippen LogP contribution in [-0.2, 0) is 0 Å². The first-order valence-electron chi connectivity index (χ1n) is 4.46. The van der Waals surface area contributed by atoms with Crippen molar-refractivity contribution in [3.63, 3.8) is 0 Å². The minimum absolute atomic E-state index is 0. The van der Waals surface area contributed by atoms with Gasteiger partial charge in [-0.05, 0) is 25.5 Å². The molecule has 1 rings (SSSR count). The minimum Gasteiger partial charge on any atom is -0.324 e. The molecule has 0 aromatic heterocycles. The summed E-state index contributed by atoms with van der Waals surface area (Å²) in [6.45, 7) is 5.55. The molecule has 0 amide bonds. The number of hydrogen-bond acceptors (Lipinski definition) is 1. The van der Waals surface area contributed by atoms with Crippen LogP contribution >= 0.6 is 35.6 Å². The molecule has 0 aliphatic heterocycles. The largest absolute Gasteiger partial charge is 0.324 e. The fourth-order valence-electron chi connectivity index (χ4n) is 1.36. The summed E-state index contributed by atoms with van der Waals surface area (Å²) >= 11 is 11.7. The highest BCUT2D eigenvalue weighted by atomic mass is 35.5.